The molecule has 0 radical (unpaired) electrons. The van der Waals surface area contributed by atoms with Crippen LogP contribution >= 0.6 is 0 Å². The van der Waals surface area contributed by atoms with Crippen LogP contribution in [0.3, 0.4) is 0 Å². The molecule has 0 N–H and O–H groups in total. The van der Waals surface area contributed by atoms with Crippen LogP contribution in [0.1, 0.15) is 48.2 Å². The first kappa shape index (κ1) is 21.5. The Morgan fingerprint density at radius 2 is 1.76 bits per heavy atom. The first-order chi connectivity index (χ1) is 13.8. The minimum absolute atomic E-state index is 0.0598. The van der Waals surface area contributed by atoms with Crippen molar-refractivity contribution in [2.45, 2.75) is 51.1 Å². The molecular weight excluding hydrogens is 391 g/mol. The Morgan fingerprint density at radius 3 is 2.34 bits per heavy atom. The Hall–Kier alpha value is -2.25. The van der Waals surface area contributed by atoms with Gasteiger partial charge in [0.05, 0.1) is 4.90 Å². The number of carbonyl (C=O) groups is 1. The van der Waals surface area contributed by atoms with Crippen molar-refractivity contribution in [2.24, 2.45) is 0 Å². The van der Waals surface area contributed by atoms with Crippen LogP contribution < -0.4 is 0 Å². The largest absolute Gasteiger partial charge is 0.331 e. The normalized spacial score (nSPS) is 14.2. The van der Waals surface area contributed by atoms with E-state index in [9.17, 15) is 17.6 Å². The summed E-state index contributed by atoms with van der Waals surface area (Å²) in [7, 11) is -3.67. The van der Waals surface area contributed by atoms with Crippen molar-refractivity contribution in [3.05, 3.63) is 65.0 Å². The molecule has 7 heteroatoms. The van der Waals surface area contributed by atoms with Gasteiger partial charge >= 0.3 is 0 Å². The molecular formula is C22H27FN2O3S. The van der Waals surface area contributed by atoms with Gasteiger partial charge in [0.1, 0.15) is 5.82 Å². The van der Waals surface area contributed by atoms with Gasteiger partial charge in [0, 0.05) is 36.8 Å². The maximum absolute atomic E-state index is 14.1. The Balaban J connectivity index is 1.96. The van der Waals surface area contributed by atoms with Crippen molar-refractivity contribution in [1.82, 2.24) is 9.21 Å². The number of benzene rings is 2. The minimum Gasteiger partial charge on any atom is -0.331 e. The number of hydrogen-bond donors (Lipinski definition) is 0. The fraction of sp³-hybridized carbons (Fsp3) is 0.409. The van der Waals surface area contributed by atoms with E-state index in [1.54, 1.807) is 49.9 Å². The average molecular weight is 419 g/mol. The van der Waals surface area contributed by atoms with E-state index in [1.807, 2.05) is 0 Å². The van der Waals surface area contributed by atoms with E-state index in [4.69, 9.17) is 0 Å². The lowest BCUT2D eigenvalue weighted by Crippen LogP contribution is -2.34. The van der Waals surface area contributed by atoms with Gasteiger partial charge in [-0.25, -0.2) is 12.8 Å². The molecule has 0 aromatic heterocycles. The number of carbonyl (C=O) groups excluding carboxylic acids is 1. The molecule has 1 aliphatic carbocycles. The number of hydrogen-bond acceptors (Lipinski definition) is 3. The third-order valence-corrected chi connectivity index (χ3v) is 7.38. The molecule has 0 unspecified atom stereocenters. The van der Waals surface area contributed by atoms with Crippen molar-refractivity contribution in [2.75, 3.05) is 13.1 Å². The fourth-order valence-corrected chi connectivity index (χ4v) is 4.91. The summed E-state index contributed by atoms with van der Waals surface area (Å²) < 4.78 is 41.3. The van der Waals surface area contributed by atoms with Crippen LogP contribution in [0.5, 0.6) is 0 Å². The summed E-state index contributed by atoms with van der Waals surface area (Å²) in [4.78, 5) is 15.1. The van der Waals surface area contributed by atoms with Gasteiger partial charge in [-0.1, -0.05) is 38.1 Å². The van der Waals surface area contributed by atoms with Gasteiger partial charge in [0.25, 0.3) is 5.91 Å². The van der Waals surface area contributed by atoms with Gasteiger partial charge in [-0.15, -0.1) is 0 Å². The summed E-state index contributed by atoms with van der Waals surface area (Å²) in [5.74, 6) is -0.606. The Bertz CT molecular complexity index is 999. The number of sulfonamides is 1. The van der Waals surface area contributed by atoms with Crippen molar-refractivity contribution in [1.29, 1.82) is 0 Å². The molecule has 0 heterocycles. The van der Waals surface area contributed by atoms with Crippen LogP contribution in [0.4, 0.5) is 4.39 Å². The second-order valence-electron chi connectivity index (χ2n) is 7.32. The second kappa shape index (κ2) is 8.63. The maximum atomic E-state index is 14.1. The van der Waals surface area contributed by atoms with Gasteiger partial charge in [0.2, 0.25) is 10.0 Å². The Labute approximate surface area is 172 Å². The number of nitrogens with zero attached hydrogens (tertiary/aromatic N) is 2. The summed E-state index contributed by atoms with van der Waals surface area (Å²) in [6.07, 6.45) is 1.74. The molecule has 0 bridgehead atoms. The van der Waals surface area contributed by atoms with Crippen LogP contribution in [-0.4, -0.2) is 42.7 Å². The fourth-order valence-electron chi connectivity index (χ4n) is 3.42. The van der Waals surface area contributed by atoms with Crippen molar-refractivity contribution >= 4 is 15.9 Å². The van der Waals surface area contributed by atoms with Gasteiger partial charge in [-0.3, -0.25) is 4.79 Å². The Kier molecular flexibility index (Phi) is 6.39. The third kappa shape index (κ3) is 4.51. The molecule has 5 nitrogen and oxygen atoms in total. The molecule has 29 heavy (non-hydrogen) atoms. The SMILES string of the molecule is CCN(CC)S(=O)(=O)c1ccc(C)c(C(=O)N(Cc2ccccc2F)C2CC2)c1. The quantitative estimate of drug-likeness (QED) is 0.652. The zero-order valence-electron chi connectivity index (χ0n) is 17.1. The van der Waals surface area contributed by atoms with E-state index in [-0.39, 0.29) is 29.2 Å². The molecule has 1 amide bonds. The number of amides is 1. The molecule has 156 valence electrons. The van der Waals surface area contributed by atoms with Crippen molar-refractivity contribution in [3.8, 4) is 0 Å². The van der Waals surface area contributed by atoms with Gasteiger partial charge in [-0.05, 0) is 43.5 Å². The number of rotatable bonds is 8. The molecule has 0 spiro atoms. The van der Waals surface area contributed by atoms with Crippen LogP contribution in [-0.2, 0) is 16.6 Å². The van der Waals surface area contributed by atoms with Gasteiger partial charge in [0.15, 0.2) is 0 Å². The highest BCUT2D eigenvalue weighted by molar-refractivity contribution is 7.89. The monoisotopic (exact) mass is 418 g/mol. The van der Waals surface area contributed by atoms with Gasteiger partial charge in [-0.2, -0.15) is 4.31 Å². The highest BCUT2D eigenvalue weighted by Crippen LogP contribution is 2.31. The zero-order valence-corrected chi connectivity index (χ0v) is 17.9. The van der Waals surface area contributed by atoms with Gasteiger partial charge < -0.3 is 4.90 Å². The minimum atomic E-state index is -3.67. The zero-order chi connectivity index (χ0) is 21.2. The van der Waals surface area contributed by atoms with E-state index in [1.165, 1.54) is 22.5 Å². The first-order valence-electron chi connectivity index (χ1n) is 9.94. The lowest BCUT2D eigenvalue weighted by atomic mass is 10.1. The lowest BCUT2D eigenvalue weighted by molar-refractivity contribution is 0.0727. The first-order valence-corrected chi connectivity index (χ1v) is 11.4. The molecule has 1 aliphatic rings. The number of halogens is 1. The van der Waals surface area contributed by atoms with Crippen LogP contribution in [0.25, 0.3) is 0 Å². The molecule has 0 saturated heterocycles. The molecule has 0 atom stereocenters. The smallest absolute Gasteiger partial charge is 0.254 e. The predicted octanol–water partition coefficient (Wildman–Crippen LogP) is 3.97. The van der Waals surface area contributed by atoms with Crippen LogP contribution in [0.2, 0.25) is 0 Å². The van der Waals surface area contributed by atoms with Crippen LogP contribution in [0, 0.1) is 12.7 Å². The maximum Gasteiger partial charge on any atom is 0.254 e. The van der Waals surface area contributed by atoms with E-state index in [2.05, 4.69) is 0 Å². The molecule has 1 saturated carbocycles. The summed E-state index contributed by atoms with van der Waals surface area (Å²) in [6.45, 7) is 6.24. The molecule has 1 fully saturated rings. The predicted molar refractivity (Wildman–Crippen MR) is 111 cm³/mol. The standard InChI is InChI=1S/C22H27FN2O3S/c1-4-24(5-2)29(27,28)19-13-10-16(3)20(14-19)22(26)25(18-11-12-18)15-17-8-6-7-9-21(17)23/h6-10,13-14,18H,4-5,11-12,15H2,1-3H3. The third-order valence-electron chi connectivity index (χ3n) is 5.33. The van der Waals surface area contributed by atoms with E-state index in [0.717, 1.165) is 12.8 Å². The summed E-state index contributed by atoms with van der Waals surface area (Å²) in [5.41, 5.74) is 1.51. The lowest BCUT2D eigenvalue weighted by Gasteiger charge is -2.24. The highest BCUT2D eigenvalue weighted by atomic mass is 32.2. The topological polar surface area (TPSA) is 57.7 Å². The molecule has 2 aromatic rings. The van der Waals surface area contributed by atoms with E-state index in [0.29, 0.717) is 29.8 Å². The Morgan fingerprint density at radius 1 is 1.10 bits per heavy atom. The van der Waals surface area contributed by atoms with Crippen molar-refractivity contribution in [3.63, 3.8) is 0 Å². The van der Waals surface area contributed by atoms with Crippen molar-refractivity contribution < 1.29 is 17.6 Å². The summed E-state index contributed by atoms with van der Waals surface area (Å²) >= 11 is 0. The highest BCUT2D eigenvalue weighted by Gasteiger charge is 2.34. The number of aryl methyl sites for hydroxylation is 1. The summed E-state index contributed by atoms with van der Waals surface area (Å²) in [5, 5.41) is 0. The van der Waals surface area contributed by atoms with E-state index >= 15 is 0 Å². The van der Waals surface area contributed by atoms with E-state index < -0.39 is 10.0 Å². The van der Waals surface area contributed by atoms with Crippen LogP contribution in [0.15, 0.2) is 47.4 Å². The molecule has 0 aliphatic heterocycles. The average Bonchev–Trinajstić information content (AvgIpc) is 3.53. The molecule has 2 aromatic carbocycles. The second-order valence-corrected chi connectivity index (χ2v) is 9.26. The molecule has 3 rings (SSSR count). The summed E-state index contributed by atoms with van der Waals surface area (Å²) in [6, 6.07) is 11.1.